The van der Waals surface area contributed by atoms with E-state index >= 15 is 0 Å². The van der Waals surface area contributed by atoms with Crippen molar-refractivity contribution in [2.45, 2.75) is 65.4 Å². The summed E-state index contributed by atoms with van der Waals surface area (Å²) in [6.07, 6.45) is 8.14. The van der Waals surface area contributed by atoms with Crippen molar-refractivity contribution in [1.82, 2.24) is 10.2 Å². The molecule has 1 rings (SSSR count). The van der Waals surface area contributed by atoms with E-state index in [-0.39, 0.29) is 0 Å². The van der Waals surface area contributed by atoms with Crippen LogP contribution in [-0.4, -0.2) is 50.8 Å². The van der Waals surface area contributed by atoms with Gasteiger partial charge in [0, 0.05) is 33.3 Å². The highest BCUT2D eigenvalue weighted by Crippen LogP contribution is 2.23. The molecule has 0 amide bonds. The van der Waals surface area contributed by atoms with Crippen LogP contribution in [0.1, 0.15) is 59.3 Å². The standard InChI is InChI=1S/C17H36N2O/c1-17(2,3)10-7-9-16(20-4)8-5-6-13-19-14-11-18-12-15-19/h16,18H,5-15H2,1-4H3/t16-/m0/s1. The van der Waals surface area contributed by atoms with Gasteiger partial charge in [-0.15, -0.1) is 0 Å². The van der Waals surface area contributed by atoms with Crippen molar-refractivity contribution in [3.8, 4) is 0 Å². The molecule has 3 nitrogen and oxygen atoms in total. The zero-order valence-corrected chi connectivity index (χ0v) is 14.2. The average molecular weight is 284 g/mol. The van der Waals surface area contributed by atoms with Gasteiger partial charge in [-0.1, -0.05) is 27.2 Å². The Morgan fingerprint density at radius 1 is 1.05 bits per heavy atom. The SMILES string of the molecule is CO[C@@H](CCCCN1CCNCC1)CCCC(C)(C)C. The quantitative estimate of drug-likeness (QED) is 0.658. The zero-order chi connectivity index (χ0) is 14.8. The van der Waals surface area contributed by atoms with Crippen LogP contribution >= 0.6 is 0 Å². The lowest BCUT2D eigenvalue weighted by Gasteiger charge is -2.27. The lowest BCUT2D eigenvalue weighted by atomic mass is 9.89. The van der Waals surface area contributed by atoms with Crippen molar-refractivity contribution in [1.29, 1.82) is 0 Å². The van der Waals surface area contributed by atoms with Gasteiger partial charge >= 0.3 is 0 Å². The van der Waals surface area contributed by atoms with Gasteiger partial charge in [0.1, 0.15) is 0 Å². The van der Waals surface area contributed by atoms with E-state index in [1.165, 1.54) is 58.2 Å². The number of hydrogen-bond donors (Lipinski definition) is 1. The molecule has 0 radical (unpaired) electrons. The fourth-order valence-corrected chi connectivity index (χ4v) is 2.88. The summed E-state index contributed by atoms with van der Waals surface area (Å²) in [5.74, 6) is 0. The summed E-state index contributed by atoms with van der Waals surface area (Å²) in [5.41, 5.74) is 0.459. The summed E-state index contributed by atoms with van der Waals surface area (Å²) in [7, 11) is 1.87. The maximum Gasteiger partial charge on any atom is 0.0571 e. The van der Waals surface area contributed by atoms with Crippen LogP contribution in [0.3, 0.4) is 0 Å². The van der Waals surface area contributed by atoms with E-state index in [9.17, 15) is 0 Å². The number of rotatable bonds is 9. The van der Waals surface area contributed by atoms with Crippen molar-refractivity contribution in [3.05, 3.63) is 0 Å². The molecule has 0 saturated carbocycles. The molecule has 1 fully saturated rings. The molecule has 0 aromatic carbocycles. The van der Waals surface area contributed by atoms with Crippen LogP contribution in [0, 0.1) is 5.41 Å². The van der Waals surface area contributed by atoms with Crippen LogP contribution < -0.4 is 5.32 Å². The van der Waals surface area contributed by atoms with Crippen LogP contribution in [0.2, 0.25) is 0 Å². The van der Waals surface area contributed by atoms with Gasteiger partial charge in [0.2, 0.25) is 0 Å². The second kappa shape index (κ2) is 9.75. The Bertz CT molecular complexity index is 232. The maximum absolute atomic E-state index is 5.63. The predicted octanol–water partition coefficient (Wildman–Crippen LogP) is 3.29. The monoisotopic (exact) mass is 284 g/mol. The molecule has 0 bridgehead atoms. The molecule has 120 valence electrons. The van der Waals surface area contributed by atoms with Crippen molar-refractivity contribution >= 4 is 0 Å². The Labute approximate surface area is 126 Å². The van der Waals surface area contributed by atoms with E-state index in [2.05, 4.69) is 31.0 Å². The molecule has 0 aromatic heterocycles. The molecular weight excluding hydrogens is 248 g/mol. The van der Waals surface area contributed by atoms with Crippen LogP contribution in [0.5, 0.6) is 0 Å². The van der Waals surface area contributed by atoms with E-state index < -0.39 is 0 Å². The molecule has 20 heavy (non-hydrogen) atoms. The maximum atomic E-state index is 5.63. The van der Waals surface area contributed by atoms with Crippen molar-refractivity contribution in [2.24, 2.45) is 5.41 Å². The van der Waals surface area contributed by atoms with Crippen molar-refractivity contribution in [2.75, 3.05) is 39.8 Å². The molecule has 0 aliphatic carbocycles. The third kappa shape index (κ3) is 8.93. The summed E-state index contributed by atoms with van der Waals surface area (Å²) in [6, 6.07) is 0. The first-order valence-electron chi connectivity index (χ1n) is 8.47. The smallest absolute Gasteiger partial charge is 0.0571 e. The number of nitrogens with zero attached hydrogens (tertiary/aromatic N) is 1. The van der Waals surface area contributed by atoms with E-state index in [0.29, 0.717) is 11.5 Å². The first-order valence-corrected chi connectivity index (χ1v) is 8.47. The minimum Gasteiger partial charge on any atom is -0.381 e. The first-order chi connectivity index (χ1) is 9.51. The molecule has 3 heteroatoms. The van der Waals surface area contributed by atoms with E-state index in [1.807, 2.05) is 7.11 Å². The molecular formula is C17H36N2O. The number of piperazine rings is 1. The Hall–Kier alpha value is -0.120. The summed E-state index contributed by atoms with van der Waals surface area (Å²) >= 11 is 0. The summed E-state index contributed by atoms with van der Waals surface area (Å²) < 4.78 is 5.63. The lowest BCUT2D eigenvalue weighted by molar-refractivity contribution is 0.0800. The van der Waals surface area contributed by atoms with Crippen LogP contribution in [0.25, 0.3) is 0 Å². The molecule has 0 spiro atoms. The molecule has 1 atom stereocenters. The largest absolute Gasteiger partial charge is 0.381 e. The number of methoxy groups -OCH3 is 1. The van der Waals surface area contributed by atoms with E-state index in [4.69, 9.17) is 4.74 Å². The highest BCUT2D eigenvalue weighted by atomic mass is 16.5. The molecule has 0 unspecified atom stereocenters. The number of nitrogens with one attached hydrogen (secondary N) is 1. The van der Waals surface area contributed by atoms with Crippen LogP contribution in [0.4, 0.5) is 0 Å². The van der Waals surface area contributed by atoms with Gasteiger partial charge in [0.05, 0.1) is 6.10 Å². The highest BCUT2D eigenvalue weighted by molar-refractivity contribution is 4.68. The third-order valence-electron chi connectivity index (χ3n) is 4.25. The Balaban J connectivity index is 2.02. The Morgan fingerprint density at radius 3 is 2.30 bits per heavy atom. The zero-order valence-electron chi connectivity index (χ0n) is 14.2. The highest BCUT2D eigenvalue weighted by Gasteiger charge is 2.13. The van der Waals surface area contributed by atoms with Gasteiger partial charge in [0.25, 0.3) is 0 Å². The minimum atomic E-state index is 0.459. The first kappa shape index (κ1) is 17.9. The molecule has 1 heterocycles. The number of ether oxygens (including phenoxy) is 1. The lowest BCUT2D eigenvalue weighted by Crippen LogP contribution is -2.43. The van der Waals surface area contributed by atoms with Crippen LogP contribution in [-0.2, 0) is 4.74 Å². The fraction of sp³-hybridized carbons (Fsp3) is 1.00. The predicted molar refractivity (Wildman–Crippen MR) is 87.3 cm³/mol. The molecule has 1 saturated heterocycles. The molecule has 1 aliphatic heterocycles. The summed E-state index contributed by atoms with van der Waals surface area (Å²) in [4.78, 5) is 2.58. The van der Waals surface area contributed by atoms with Gasteiger partial charge in [0.15, 0.2) is 0 Å². The van der Waals surface area contributed by atoms with Gasteiger partial charge < -0.3 is 15.0 Å². The number of unbranched alkanes of at least 4 members (excludes halogenated alkanes) is 1. The molecule has 1 N–H and O–H groups in total. The minimum absolute atomic E-state index is 0.459. The fourth-order valence-electron chi connectivity index (χ4n) is 2.88. The van der Waals surface area contributed by atoms with E-state index in [1.54, 1.807) is 0 Å². The van der Waals surface area contributed by atoms with Crippen molar-refractivity contribution < 1.29 is 4.74 Å². The van der Waals surface area contributed by atoms with Gasteiger partial charge in [-0.2, -0.15) is 0 Å². The number of hydrogen-bond acceptors (Lipinski definition) is 3. The topological polar surface area (TPSA) is 24.5 Å². The van der Waals surface area contributed by atoms with Crippen molar-refractivity contribution in [3.63, 3.8) is 0 Å². The average Bonchev–Trinajstić information content (AvgIpc) is 2.41. The third-order valence-corrected chi connectivity index (χ3v) is 4.25. The molecule has 0 aromatic rings. The van der Waals surface area contributed by atoms with Crippen LogP contribution in [0.15, 0.2) is 0 Å². The van der Waals surface area contributed by atoms with E-state index in [0.717, 1.165) is 13.1 Å². The second-order valence-corrected chi connectivity index (χ2v) is 7.40. The van der Waals surface area contributed by atoms with Gasteiger partial charge in [-0.25, -0.2) is 0 Å². The molecule has 1 aliphatic rings. The van der Waals surface area contributed by atoms with Gasteiger partial charge in [-0.05, 0) is 44.1 Å². The van der Waals surface area contributed by atoms with Gasteiger partial charge in [-0.3, -0.25) is 0 Å². The second-order valence-electron chi connectivity index (χ2n) is 7.40. The normalized spacial score (nSPS) is 19.2. The Morgan fingerprint density at radius 2 is 1.70 bits per heavy atom. The summed E-state index contributed by atoms with van der Waals surface area (Å²) in [5, 5.41) is 3.41. The Kier molecular flexibility index (Phi) is 8.74. The summed E-state index contributed by atoms with van der Waals surface area (Å²) in [6.45, 7) is 13.0.